The van der Waals surface area contributed by atoms with Gasteiger partial charge in [-0.05, 0) is 20.3 Å². The van der Waals surface area contributed by atoms with E-state index >= 15 is 0 Å². The average molecular weight is 336 g/mol. The van der Waals surface area contributed by atoms with Crippen LogP contribution in [-0.2, 0) is 24.3 Å². The first-order chi connectivity index (χ1) is 10.4. The van der Waals surface area contributed by atoms with Crippen molar-refractivity contribution in [3.63, 3.8) is 0 Å². The number of rotatable bonds is 7. The second-order valence-corrected chi connectivity index (χ2v) is 6.90. The predicted octanol–water partition coefficient (Wildman–Crippen LogP) is 0.434. The molecule has 8 nitrogen and oxygen atoms in total. The van der Waals surface area contributed by atoms with Gasteiger partial charge in [-0.15, -0.1) is 0 Å². The molecule has 0 aromatic heterocycles. The molecule has 0 radical (unpaired) electrons. The number of amides is 1. The van der Waals surface area contributed by atoms with Crippen LogP contribution in [0.1, 0.15) is 26.7 Å². The highest BCUT2D eigenvalue weighted by molar-refractivity contribution is 7.89. The van der Waals surface area contributed by atoms with E-state index in [-0.39, 0.29) is 37.7 Å². The molecule has 9 heteroatoms. The molecule has 1 aliphatic rings. The lowest BCUT2D eigenvalue weighted by atomic mass is 10.3. The lowest BCUT2D eigenvalue weighted by molar-refractivity contribution is -0.143. The molecule has 0 N–H and O–H groups in total. The molecule has 1 rings (SSSR count). The zero-order chi connectivity index (χ0) is 16.6. The van der Waals surface area contributed by atoms with Crippen molar-refractivity contribution in [3.8, 4) is 0 Å². The SMILES string of the molecule is CCOC(=O)CCCS(=O)(=O)N1CCN(C(=O)OCC)CC1. The molecule has 0 bridgehead atoms. The van der Waals surface area contributed by atoms with Gasteiger partial charge in [-0.3, -0.25) is 4.79 Å². The summed E-state index contributed by atoms with van der Waals surface area (Å²) < 4.78 is 35.3. The zero-order valence-corrected chi connectivity index (χ0v) is 13.9. The van der Waals surface area contributed by atoms with Gasteiger partial charge in [0.25, 0.3) is 0 Å². The Morgan fingerprint density at radius 3 is 2.14 bits per heavy atom. The van der Waals surface area contributed by atoms with Crippen LogP contribution >= 0.6 is 0 Å². The molecule has 128 valence electrons. The van der Waals surface area contributed by atoms with Gasteiger partial charge < -0.3 is 14.4 Å². The Kier molecular flexibility index (Phi) is 7.60. The summed E-state index contributed by atoms with van der Waals surface area (Å²) in [6.07, 6.45) is -0.0865. The maximum Gasteiger partial charge on any atom is 0.409 e. The van der Waals surface area contributed by atoms with Gasteiger partial charge in [0, 0.05) is 32.6 Å². The largest absolute Gasteiger partial charge is 0.466 e. The number of esters is 1. The minimum atomic E-state index is -3.41. The summed E-state index contributed by atoms with van der Waals surface area (Å²) in [5.41, 5.74) is 0. The van der Waals surface area contributed by atoms with Crippen molar-refractivity contribution in [2.24, 2.45) is 0 Å². The van der Waals surface area contributed by atoms with Gasteiger partial charge >= 0.3 is 12.1 Å². The van der Waals surface area contributed by atoms with Crippen LogP contribution < -0.4 is 0 Å². The highest BCUT2D eigenvalue weighted by Crippen LogP contribution is 2.11. The van der Waals surface area contributed by atoms with Crippen LogP contribution in [0.4, 0.5) is 4.79 Å². The molecule has 1 fully saturated rings. The highest BCUT2D eigenvalue weighted by Gasteiger charge is 2.29. The molecule has 1 heterocycles. The maximum atomic E-state index is 12.2. The zero-order valence-electron chi connectivity index (χ0n) is 13.1. The fourth-order valence-corrected chi connectivity index (χ4v) is 3.61. The molecule has 1 amide bonds. The van der Waals surface area contributed by atoms with E-state index in [0.717, 1.165) is 0 Å². The van der Waals surface area contributed by atoms with Crippen LogP contribution in [0.3, 0.4) is 0 Å². The molecule has 22 heavy (non-hydrogen) atoms. The fourth-order valence-electron chi connectivity index (χ4n) is 2.12. The average Bonchev–Trinajstić information content (AvgIpc) is 2.47. The van der Waals surface area contributed by atoms with E-state index in [4.69, 9.17) is 9.47 Å². The Hall–Kier alpha value is -1.35. The highest BCUT2D eigenvalue weighted by atomic mass is 32.2. The second kappa shape index (κ2) is 8.94. The summed E-state index contributed by atoms with van der Waals surface area (Å²) in [5.74, 6) is -0.476. The van der Waals surface area contributed by atoms with Gasteiger partial charge in [0.2, 0.25) is 10.0 Å². The Labute approximate surface area is 131 Å². The maximum absolute atomic E-state index is 12.2. The smallest absolute Gasteiger partial charge is 0.409 e. The van der Waals surface area contributed by atoms with Crippen LogP contribution in [0.25, 0.3) is 0 Å². The minimum absolute atomic E-state index is 0.0920. The third-order valence-electron chi connectivity index (χ3n) is 3.25. The van der Waals surface area contributed by atoms with Crippen molar-refractivity contribution in [2.45, 2.75) is 26.7 Å². The summed E-state index contributed by atoms with van der Waals surface area (Å²) in [5, 5.41) is 0. The molecule has 1 saturated heterocycles. The topological polar surface area (TPSA) is 93.2 Å². The van der Waals surface area contributed by atoms with Gasteiger partial charge in [-0.1, -0.05) is 0 Å². The number of hydrogen-bond donors (Lipinski definition) is 0. The van der Waals surface area contributed by atoms with Gasteiger partial charge in [0.1, 0.15) is 0 Å². The van der Waals surface area contributed by atoms with E-state index in [0.29, 0.717) is 26.3 Å². The summed E-state index contributed by atoms with van der Waals surface area (Å²) in [6, 6.07) is 0. The molecule has 0 aliphatic carbocycles. The normalized spacial score (nSPS) is 16.4. The van der Waals surface area contributed by atoms with Crippen LogP contribution in [0.2, 0.25) is 0 Å². The summed E-state index contributed by atoms with van der Waals surface area (Å²) in [7, 11) is -3.41. The van der Waals surface area contributed by atoms with Gasteiger partial charge in [-0.2, -0.15) is 4.31 Å². The molecule has 0 aromatic carbocycles. The number of ether oxygens (including phenoxy) is 2. The number of nitrogens with zero attached hydrogens (tertiary/aromatic N) is 2. The van der Waals surface area contributed by atoms with Crippen molar-refractivity contribution in [1.29, 1.82) is 0 Å². The number of hydrogen-bond acceptors (Lipinski definition) is 6. The summed E-state index contributed by atoms with van der Waals surface area (Å²) in [6.45, 7) is 5.15. The van der Waals surface area contributed by atoms with Crippen LogP contribution in [-0.4, -0.2) is 74.8 Å². The van der Waals surface area contributed by atoms with Crippen molar-refractivity contribution < 1.29 is 27.5 Å². The van der Waals surface area contributed by atoms with E-state index in [9.17, 15) is 18.0 Å². The summed E-state index contributed by atoms with van der Waals surface area (Å²) >= 11 is 0. The third-order valence-corrected chi connectivity index (χ3v) is 5.20. The van der Waals surface area contributed by atoms with E-state index in [1.165, 1.54) is 9.21 Å². The first kappa shape index (κ1) is 18.7. The van der Waals surface area contributed by atoms with Crippen LogP contribution in [0, 0.1) is 0 Å². The standard InChI is InChI=1S/C13H24N2O6S/c1-3-20-12(16)6-5-11-22(18,19)15-9-7-14(8-10-15)13(17)21-4-2/h3-11H2,1-2H3. The number of sulfonamides is 1. The second-order valence-electron chi connectivity index (χ2n) is 4.81. The Balaban J connectivity index is 2.38. The number of carbonyl (C=O) groups excluding carboxylic acids is 2. The Morgan fingerprint density at radius 1 is 1.00 bits per heavy atom. The monoisotopic (exact) mass is 336 g/mol. The van der Waals surface area contributed by atoms with Gasteiger partial charge in [-0.25, -0.2) is 13.2 Å². The predicted molar refractivity (Wildman–Crippen MR) is 79.8 cm³/mol. The van der Waals surface area contributed by atoms with Crippen molar-refractivity contribution >= 4 is 22.1 Å². The minimum Gasteiger partial charge on any atom is -0.466 e. The van der Waals surface area contributed by atoms with Crippen molar-refractivity contribution in [2.75, 3.05) is 45.1 Å². The molecular formula is C13H24N2O6S. The fraction of sp³-hybridized carbons (Fsp3) is 0.846. The third kappa shape index (κ3) is 5.80. The van der Waals surface area contributed by atoms with Crippen LogP contribution in [0.5, 0.6) is 0 Å². The van der Waals surface area contributed by atoms with E-state index in [2.05, 4.69) is 0 Å². The Bertz CT molecular complexity index is 471. The molecule has 0 saturated carbocycles. The van der Waals surface area contributed by atoms with Crippen molar-refractivity contribution in [1.82, 2.24) is 9.21 Å². The van der Waals surface area contributed by atoms with Gasteiger partial charge in [0.15, 0.2) is 0 Å². The molecule has 1 aliphatic heterocycles. The first-order valence-electron chi connectivity index (χ1n) is 7.45. The van der Waals surface area contributed by atoms with Gasteiger partial charge in [0.05, 0.1) is 19.0 Å². The molecular weight excluding hydrogens is 312 g/mol. The van der Waals surface area contributed by atoms with E-state index < -0.39 is 16.1 Å². The number of carbonyl (C=O) groups is 2. The van der Waals surface area contributed by atoms with Crippen molar-refractivity contribution in [3.05, 3.63) is 0 Å². The number of piperazine rings is 1. The summed E-state index contributed by atoms with van der Waals surface area (Å²) in [4.78, 5) is 24.2. The lowest BCUT2D eigenvalue weighted by Crippen LogP contribution is -2.51. The first-order valence-corrected chi connectivity index (χ1v) is 9.06. The van der Waals surface area contributed by atoms with E-state index in [1.807, 2.05) is 0 Å². The molecule has 0 aromatic rings. The molecule has 0 spiro atoms. The van der Waals surface area contributed by atoms with Crippen LogP contribution in [0.15, 0.2) is 0 Å². The quantitative estimate of drug-likeness (QED) is 0.626. The molecule has 0 unspecified atom stereocenters. The van der Waals surface area contributed by atoms with E-state index in [1.54, 1.807) is 13.8 Å². The Morgan fingerprint density at radius 2 is 1.59 bits per heavy atom. The lowest BCUT2D eigenvalue weighted by Gasteiger charge is -2.33. The molecule has 0 atom stereocenters.